The zero-order chi connectivity index (χ0) is 14.8. The first-order valence-corrected chi connectivity index (χ1v) is 8.58. The largest absolute Gasteiger partial charge is 0.486 e. The number of hydrogen-bond donors (Lipinski definition) is 1. The zero-order valence-corrected chi connectivity index (χ0v) is 12.7. The molecule has 1 aromatic rings. The predicted octanol–water partition coefficient (Wildman–Crippen LogP) is 2.00. The highest BCUT2D eigenvalue weighted by atomic mass is 32.2. The number of anilines is 1. The summed E-state index contributed by atoms with van der Waals surface area (Å²) in [6.45, 7) is 4.97. The molecular formula is C14H21NO4S. The Kier molecular flexibility index (Phi) is 4.42. The van der Waals surface area contributed by atoms with Crippen molar-refractivity contribution in [3.05, 3.63) is 17.7 Å². The number of nitrogen functional groups attached to an aromatic ring is 1. The summed E-state index contributed by atoms with van der Waals surface area (Å²) in [4.78, 5) is 0. The van der Waals surface area contributed by atoms with Crippen molar-refractivity contribution in [3.63, 3.8) is 0 Å². The standard InChI is InChI=1S/C14H21NO4S/c1-10(2)3-6-20(16,17)9-11-7-13-14(8-12(11)15)19-5-4-18-13/h7-8,10H,3-6,9,15H2,1-2H3. The van der Waals surface area contributed by atoms with Gasteiger partial charge in [-0.1, -0.05) is 13.8 Å². The fourth-order valence-electron chi connectivity index (χ4n) is 2.00. The number of benzene rings is 1. The molecule has 2 rings (SSSR count). The minimum absolute atomic E-state index is 0.0534. The van der Waals surface area contributed by atoms with Crippen LogP contribution in [0.5, 0.6) is 11.5 Å². The first-order valence-electron chi connectivity index (χ1n) is 6.76. The third kappa shape index (κ3) is 3.79. The molecule has 112 valence electrons. The van der Waals surface area contributed by atoms with Crippen LogP contribution in [0.3, 0.4) is 0 Å². The molecule has 5 nitrogen and oxygen atoms in total. The molecule has 2 N–H and O–H groups in total. The van der Waals surface area contributed by atoms with Gasteiger partial charge in [-0.05, 0) is 24.0 Å². The SMILES string of the molecule is CC(C)CCS(=O)(=O)Cc1cc2c(cc1N)OCCO2. The zero-order valence-electron chi connectivity index (χ0n) is 11.9. The number of sulfone groups is 1. The van der Waals surface area contributed by atoms with Gasteiger partial charge in [0.1, 0.15) is 13.2 Å². The third-order valence-electron chi connectivity index (χ3n) is 3.19. The van der Waals surface area contributed by atoms with Crippen LogP contribution in [-0.2, 0) is 15.6 Å². The summed E-state index contributed by atoms with van der Waals surface area (Å²) in [6, 6.07) is 3.32. The number of nitrogens with two attached hydrogens (primary N) is 1. The van der Waals surface area contributed by atoms with E-state index >= 15 is 0 Å². The average Bonchev–Trinajstić information content (AvgIpc) is 2.37. The highest BCUT2D eigenvalue weighted by molar-refractivity contribution is 7.90. The number of hydrogen-bond acceptors (Lipinski definition) is 5. The van der Waals surface area contributed by atoms with E-state index in [1.807, 2.05) is 13.8 Å². The van der Waals surface area contributed by atoms with E-state index in [4.69, 9.17) is 15.2 Å². The van der Waals surface area contributed by atoms with Crippen molar-refractivity contribution in [2.24, 2.45) is 5.92 Å². The van der Waals surface area contributed by atoms with Gasteiger partial charge < -0.3 is 15.2 Å². The molecule has 1 heterocycles. The molecule has 0 spiro atoms. The second-order valence-corrected chi connectivity index (χ2v) is 7.65. The molecule has 0 fully saturated rings. The fourth-order valence-corrected chi connectivity index (χ4v) is 3.69. The van der Waals surface area contributed by atoms with Crippen LogP contribution in [0.25, 0.3) is 0 Å². The first kappa shape index (κ1) is 15.0. The van der Waals surface area contributed by atoms with Crippen LogP contribution in [-0.4, -0.2) is 27.4 Å². The quantitative estimate of drug-likeness (QED) is 0.841. The minimum Gasteiger partial charge on any atom is -0.486 e. The summed E-state index contributed by atoms with van der Waals surface area (Å²) in [5.41, 5.74) is 6.92. The lowest BCUT2D eigenvalue weighted by Gasteiger charge is -2.20. The van der Waals surface area contributed by atoms with Gasteiger partial charge in [-0.2, -0.15) is 0 Å². The maximum Gasteiger partial charge on any atom is 0.163 e. The Bertz CT molecular complexity index is 581. The van der Waals surface area contributed by atoms with E-state index in [2.05, 4.69) is 0 Å². The van der Waals surface area contributed by atoms with Crippen molar-refractivity contribution in [3.8, 4) is 11.5 Å². The summed E-state index contributed by atoms with van der Waals surface area (Å²) in [5, 5.41) is 0. The second kappa shape index (κ2) is 5.91. The lowest BCUT2D eigenvalue weighted by Crippen LogP contribution is -2.17. The van der Waals surface area contributed by atoms with Crippen LogP contribution in [0.15, 0.2) is 12.1 Å². The van der Waals surface area contributed by atoms with E-state index < -0.39 is 9.84 Å². The van der Waals surface area contributed by atoms with Crippen LogP contribution >= 0.6 is 0 Å². The molecule has 20 heavy (non-hydrogen) atoms. The molecule has 1 aliphatic rings. The summed E-state index contributed by atoms with van der Waals surface area (Å²) < 4.78 is 35.1. The van der Waals surface area contributed by atoms with E-state index in [1.54, 1.807) is 12.1 Å². The van der Waals surface area contributed by atoms with Gasteiger partial charge in [-0.3, -0.25) is 0 Å². The van der Waals surface area contributed by atoms with Gasteiger partial charge in [0.25, 0.3) is 0 Å². The van der Waals surface area contributed by atoms with Gasteiger partial charge in [-0.25, -0.2) is 8.42 Å². The smallest absolute Gasteiger partial charge is 0.163 e. The molecule has 0 unspecified atom stereocenters. The van der Waals surface area contributed by atoms with Crippen molar-refractivity contribution in [1.29, 1.82) is 0 Å². The van der Waals surface area contributed by atoms with Gasteiger partial charge in [-0.15, -0.1) is 0 Å². The molecule has 1 aromatic carbocycles. The number of ether oxygens (including phenoxy) is 2. The second-order valence-electron chi connectivity index (χ2n) is 5.47. The summed E-state index contributed by atoms with van der Waals surface area (Å²) >= 11 is 0. The van der Waals surface area contributed by atoms with Crippen molar-refractivity contribution >= 4 is 15.5 Å². The summed E-state index contributed by atoms with van der Waals surface area (Å²) in [6.07, 6.45) is 0.660. The fraction of sp³-hybridized carbons (Fsp3) is 0.571. The average molecular weight is 299 g/mol. The van der Waals surface area contributed by atoms with Crippen LogP contribution in [0, 0.1) is 5.92 Å². The lowest BCUT2D eigenvalue weighted by atomic mass is 10.1. The minimum atomic E-state index is -3.16. The van der Waals surface area contributed by atoms with E-state index in [9.17, 15) is 8.42 Å². The van der Waals surface area contributed by atoms with E-state index in [0.717, 1.165) is 0 Å². The molecule has 0 aliphatic carbocycles. The van der Waals surface area contributed by atoms with Gasteiger partial charge in [0, 0.05) is 11.8 Å². The summed E-state index contributed by atoms with van der Waals surface area (Å²) in [5.74, 6) is 1.64. The molecule has 0 saturated heterocycles. The van der Waals surface area contributed by atoms with E-state index in [1.165, 1.54) is 0 Å². The molecule has 0 saturated carbocycles. The predicted molar refractivity (Wildman–Crippen MR) is 78.8 cm³/mol. The summed E-state index contributed by atoms with van der Waals surface area (Å²) in [7, 11) is -3.16. The normalized spacial score (nSPS) is 14.6. The molecule has 0 atom stereocenters. The molecule has 6 heteroatoms. The maximum absolute atomic E-state index is 12.1. The monoisotopic (exact) mass is 299 g/mol. The van der Waals surface area contributed by atoms with Crippen LogP contribution in [0.4, 0.5) is 5.69 Å². The molecule has 0 radical (unpaired) electrons. The van der Waals surface area contributed by atoms with Gasteiger partial charge in [0.05, 0.1) is 11.5 Å². The van der Waals surface area contributed by atoms with Crippen LogP contribution in [0.1, 0.15) is 25.8 Å². The molecule has 0 bridgehead atoms. The van der Waals surface area contributed by atoms with Gasteiger partial charge in [0.15, 0.2) is 21.3 Å². The molecule has 0 amide bonds. The Morgan fingerprint density at radius 3 is 2.40 bits per heavy atom. The highest BCUT2D eigenvalue weighted by Gasteiger charge is 2.19. The van der Waals surface area contributed by atoms with Gasteiger partial charge in [0.2, 0.25) is 0 Å². The Morgan fingerprint density at radius 2 is 1.80 bits per heavy atom. The molecule has 0 aromatic heterocycles. The van der Waals surface area contributed by atoms with Crippen molar-refractivity contribution in [1.82, 2.24) is 0 Å². The number of fused-ring (bicyclic) bond motifs is 1. The maximum atomic E-state index is 12.1. The number of rotatable bonds is 5. The van der Waals surface area contributed by atoms with E-state index in [-0.39, 0.29) is 11.5 Å². The Hall–Kier alpha value is -1.43. The third-order valence-corrected chi connectivity index (χ3v) is 4.79. The van der Waals surface area contributed by atoms with Crippen molar-refractivity contribution in [2.45, 2.75) is 26.0 Å². The first-order chi connectivity index (χ1) is 9.37. The van der Waals surface area contributed by atoms with Crippen molar-refractivity contribution in [2.75, 3.05) is 24.7 Å². The van der Waals surface area contributed by atoms with Crippen molar-refractivity contribution < 1.29 is 17.9 Å². The topological polar surface area (TPSA) is 78.6 Å². The van der Waals surface area contributed by atoms with Gasteiger partial charge >= 0.3 is 0 Å². The van der Waals surface area contributed by atoms with Crippen LogP contribution in [0.2, 0.25) is 0 Å². The Labute approximate surface area is 120 Å². The Morgan fingerprint density at radius 1 is 1.20 bits per heavy atom. The molecule has 1 aliphatic heterocycles. The highest BCUT2D eigenvalue weighted by Crippen LogP contribution is 2.35. The van der Waals surface area contributed by atoms with Crippen LogP contribution < -0.4 is 15.2 Å². The lowest BCUT2D eigenvalue weighted by molar-refractivity contribution is 0.171. The molecular weight excluding hydrogens is 278 g/mol. The Balaban J connectivity index is 2.17. The van der Waals surface area contributed by atoms with E-state index in [0.29, 0.717) is 48.3 Å².